The van der Waals surface area contributed by atoms with Gasteiger partial charge in [0, 0.05) is 28.1 Å². The average molecular weight is 527 g/mol. The highest BCUT2D eigenvalue weighted by atomic mass is 35.5. The van der Waals surface area contributed by atoms with Gasteiger partial charge in [-0.2, -0.15) is 0 Å². The van der Waals surface area contributed by atoms with E-state index in [1.807, 2.05) is 66.3 Å². The Morgan fingerprint density at radius 2 is 1.91 bits per heavy atom. The number of nitrogens with one attached hydrogen (secondary N) is 1. The van der Waals surface area contributed by atoms with Gasteiger partial charge >= 0.3 is 5.97 Å². The summed E-state index contributed by atoms with van der Waals surface area (Å²) in [5, 5.41) is 15.0. The van der Waals surface area contributed by atoms with Crippen LogP contribution in [0.2, 0.25) is 5.02 Å². The standard InChI is InChI=1S/C25H23ClN4O3S2/c1-4-30-22(17-6-5-7-18(26)12-17)28-29-25(30)35-14-20(31)27-23-21(24(32)33-3)19(13-34-23)16-10-8-15(2)9-11-16/h5-13H,4,14H2,1-3H3,(H,27,31). The zero-order valence-electron chi connectivity index (χ0n) is 19.4. The summed E-state index contributed by atoms with van der Waals surface area (Å²) in [5.41, 5.74) is 3.92. The summed E-state index contributed by atoms with van der Waals surface area (Å²) in [5.74, 6) is 0.0347. The van der Waals surface area contributed by atoms with Crippen LogP contribution in [0.1, 0.15) is 22.8 Å². The van der Waals surface area contributed by atoms with E-state index in [-0.39, 0.29) is 11.7 Å². The van der Waals surface area contributed by atoms with Gasteiger partial charge in [-0.15, -0.1) is 21.5 Å². The van der Waals surface area contributed by atoms with E-state index in [0.29, 0.717) is 33.1 Å². The molecule has 2 aromatic heterocycles. The van der Waals surface area contributed by atoms with Gasteiger partial charge in [-0.3, -0.25) is 4.79 Å². The Morgan fingerprint density at radius 3 is 2.60 bits per heavy atom. The van der Waals surface area contributed by atoms with Crippen molar-refractivity contribution in [3.05, 3.63) is 70.1 Å². The summed E-state index contributed by atoms with van der Waals surface area (Å²) in [6.07, 6.45) is 0. The number of thiophene rings is 1. The lowest BCUT2D eigenvalue weighted by molar-refractivity contribution is -0.113. The summed E-state index contributed by atoms with van der Waals surface area (Å²) in [6, 6.07) is 15.2. The number of hydrogen-bond donors (Lipinski definition) is 1. The second kappa shape index (κ2) is 11.1. The largest absolute Gasteiger partial charge is 0.465 e. The van der Waals surface area contributed by atoms with E-state index in [9.17, 15) is 9.59 Å². The highest BCUT2D eigenvalue weighted by molar-refractivity contribution is 7.99. The van der Waals surface area contributed by atoms with Crippen LogP contribution in [0.4, 0.5) is 5.00 Å². The van der Waals surface area contributed by atoms with Crippen LogP contribution in [0.5, 0.6) is 0 Å². The number of nitrogens with zero attached hydrogens (tertiary/aromatic N) is 3. The molecule has 0 aliphatic rings. The maximum Gasteiger partial charge on any atom is 0.341 e. The van der Waals surface area contributed by atoms with E-state index in [1.54, 1.807) is 6.07 Å². The third-order valence-electron chi connectivity index (χ3n) is 5.24. The number of thioether (sulfide) groups is 1. The molecule has 0 aliphatic heterocycles. The van der Waals surface area contributed by atoms with Crippen LogP contribution in [-0.2, 0) is 16.1 Å². The quantitative estimate of drug-likeness (QED) is 0.218. The number of aryl methyl sites for hydroxylation is 1. The fourth-order valence-corrected chi connectivity index (χ4v) is 5.48. The van der Waals surface area contributed by atoms with Crippen molar-refractivity contribution in [2.24, 2.45) is 0 Å². The third-order valence-corrected chi connectivity index (χ3v) is 7.34. The summed E-state index contributed by atoms with van der Waals surface area (Å²) in [7, 11) is 1.33. The van der Waals surface area contributed by atoms with Crippen molar-refractivity contribution in [3.63, 3.8) is 0 Å². The fraction of sp³-hybridized carbons (Fsp3) is 0.200. The molecule has 0 radical (unpaired) electrons. The minimum atomic E-state index is -0.498. The Morgan fingerprint density at radius 1 is 1.14 bits per heavy atom. The minimum absolute atomic E-state index is 0.103. The number of carbonyl (C=O) groups is 2. The molecule has 0 bridgehead atoms. The molecule has 10 heteroatoms. The molecule has 4 aromatic rings. The molecular weight excluding hydrogens is 504 g/mol. The molecule has 2 aromatic carbocycles. The Bertz CT molecular complexity index is 1370. The van der Waals surface area contributed by atoms with Gasteiger partial charge in [-0.25, -0.2) is 4.79 Å². The molecule has 7 nitrogen and oxygen atoms in total. The number of hydrogen-bond acceptors (Lipinski definition) is 7. The molecule has 0 saturated carbocycles. The van der Waals surface area contributed by atoms with Crippen LogP contribution in [0, 0.1) is 6.92 Å². The normalized spacial score (nSPS) is 10.9. The molecule has 0 atom stereocenters. The molecule has 1 N–H and O–H groups in total. The number of amides is 1. The smallest absolute Gasteiger partial charge is 0.341 e. The van der Waals surface area contributed by atoms with E-state index in [1.165, 1.54) is 30.2 Å². The lowest BCUT2D eigenvalue weighted by atomic mass is 10.0. The number of halogens is 1. The molecule has 180 valence electrons. The topological polar surface area (TPSA) is 86.1 Å². The number of benzene rings is 2. The van der Waals surface area contributed by atoms with Crippen LogP contribution in [-0.4, -0.2) is 39.5 Å². The predicted octanol–water partition coefficient (Wildman–Crippen LogP) is 6.17. The van der Waals surface area contributed by atoms with Crippen molar-refractivity contribution in [3.8, 4) is 22.5 Å². The number of aromatic nitrogens is 3. The zero-order chi connectivity index (χ0) is 24.9. The maximum atomic E-state index is 12.8. The monoisotopic (exact) mass is 526 g/mol. The number of methoxy groups -OCH3 is 1. The second-order valence-electron chi connectivity index (χ2n) is 7.61. The first-order valence-corrected chi connectivity index (χ1v) is 13.0. The van der Waals surface area contributed by atoms with Crippen molar-refractivity contribution >= 4 is 51.6 Å². The Labute approximate surface area is 216 Å². The predicted molar refractivity (Wildman–Crippen MR) is 141 cm³/mol. The first-order chi connectivity index (χ1) is 16.9. The van der Waals surface area contributed by atoms with Gasteiger partial charge in [0.15, 0.2) is 11.0 Å². The molecule has 2 heterocycles. The lowest BCUT2D eigenvalue weighted by Gasteiger charge is -2.09. The number of ether oxygens (including phenoxy) is 1. The first kappa shape index (κ1) is 25.0. The van der Waals surface area contributed by atoms with Crippen molar-refractivity contribution < 1.29 is 14.3 Å². The average Bonchev–Trinajstić information content (AvgIpc) is 3.46. The molecular formula is C25H23ClN4O3S2. The Hall–Kier alpha value is -3.14. The zero-order valence-corrected chi connectivity index (χ0v) is 21.8. The molecule has 0 saturated heterocycles. The summed E-state index contributed by atoms with van der Waals surface area (Å²) in [6.45, 7) is 4.62. The molecule has 0 fully saturated rings. The molecule has 35 heavy (non-hydrogen) atoms. The summed E-state index contributed by atoms with van der Waals surface area (Å²) >= 11 is 8.69. The van der Waals surface area contributed by atoms with E-state index in [2.05, 4.69) is 15.5 Å². The van der Waals surface area contributed by atoms with Crippen molar-refractivity contribution in [1.82, 2.24) is 14.8 Å². The molecule has 4 rings (SSSR count). The first-order valence-electron chi connectivity index (χ1n) is 10.8. The van der Waals surface area contributed by atoms with Crippen LogP contribution >= 0.6 is 34.7 Å². The Balaban J connectivity index is 1.51. The van der Waals surface area contributed by atoms with E-state index < -0.39 is 5.97 Å². The minimum Gasteiger partial charge on any atom is -0.465 e. The van der Waals surface area contributed by atoms with Crippen molar-refractivity contribution in [2.75, 3.05) is 18.2 Å². The van der Waals surface area contributed by atoms with Crippen LogP contribution in [0.3, 0.4) is 0 Å². The van der Waals surface area contributed by atoms with Gasteiger partial charge in [0.25, 0.3) is 0 Å². The van der Waals surface area contributed by atoms with E-state index in [4.69, 9.17) is 16.3 Å². The summed E-state index contributed by atoms with van der Waals surface area (Å²) in [4.78, 5) is 25.4. The second-order valence-corrected chi connectivity index (χ2v) is 9.87. The highest BCUT2D eigenvalue weighted by Crippen LogP contribution is 2.36. The van der Waals surface area contributed by atoms with Crippen LogP contribution < -0.4 is 5.32 Å². The van der Waals surface area contributed by atoms with Gasteiger partial charge in [0.2, 0.25) is 5.91 Å². The SMILES string of the molecule is CCn1c(SCC(=O)Nc2scc(-c3ccc(C)cc3)c2C(=O)OC)nnc1-c1cccc(Cl)c1. The van der Waals surface area contributed by atoms with Crippen molar-refractivity contribution in [1.29, 1.82) is 0 Å². The van der Waals surface area contributed by atoms with Gasteiger partial charge < -0.3 is 14.6 Å². The molecule has 0 aliphatic carbocycles. The fourth-order valence-electron chi connectivity index (χ4n) is 3.51. The molecule has 0 unspecified atom stereocenters. The maximum absolute atomic E-state index is 12.8. The van der Waals surface area contributed by atoms with Gasteiger partial charge in [-0.1, -0.05) is 65.3 Å². The van der Waals surface area contributed by atoms with E-state index in [0.717, 1.165) is 22.3 Å². The van der Waals surface area contributed by atoms with Gasteiger partial charge in [0.1, 0.15) is 10.6 Å². The Kier molecular flexibility index (Phi) is 7.90. The molecule has 0 spiro atoms. The number of rotatable bonds is 8. The number of carbonyl (C=O) groups excluding carboxylic acids is 2. The highest BCUT2D eigenvalue weighted by Gasteiger charge is 2.23. The number of anilines is 1. The number of esters is 1. The van der Waals surface area contributed by atoms with Crippen LogP contribution in [0.15, 0.2) is 59.1 Å². The van der Waals surface area contributed by atoms with Gasteiger partial charge in [0.05, 0.1) is 12.9 Å². The molecule has 1 amide bonds. The van der Waals surface area contributed by atoms with Crippen LogP contribution in [0.25, 0.3) is 22.5 Å². The lowest BCUT2D eigenvalue weighted by Crippen LogP contribution is -2.16. The van der Waals surface area contributed by atoms with Crippen molar-refractivity contribution in [2.45, 2.75) is 25.5 Å². The van der Waals surface area contributed by atoms with Gasteiger partial charge in [-0.05, 0) is 31.5 Å². The van der Waals surface area contributed by atoms with E-state index >= 15 is 0 Å². The third kappa shape index (κ3) is 5.58. The summed E-state index contributed by atoms with van der Waals surface area (Å²) < 4.78 is 6.93.